The molecule has 6 heteroatoms. The average Bonchev–Trinajstić information content (AvgIpc) is 2.71. The van der Waals surface area contributed by atoms with E-state index in [1.165, 1.54) is 12.1 Å². The lowest BCUT2D eigenvalue weighted by atomic mass is 9.97. The molecule has 1 aliphatic rings. The Morgan fingerprint density at radius 2 is 1.85 bits per heavy atom. The Morgan fingerprint density at radius 3 is 2.30 bits per heavy atom. The maximum absolute atomic E-state index is 11.7. The van der Waals surface area contributed by atoms with Crippen LogP contribution in [0.25, 0.3) is 6.08 Å². The number of nitro groups is 1. The van der Waals surface area contributed by atoms with E-state index < -0.39 is 10.9 Å². The summed E-state index contributed by atoms with van der Waals surface area (Å²) in [5, 5.41) is 10.6. The van der Waals surface area contributed by atoms with E-state index in [2.05, 4.69) is 4.99 Å². The van der Waals surface area contributed by atoms with Gasteiger partial charge in [-0.25, -0.2) is 9.79 Å². The number of aliphatic imine (C=N–C) groups is 1. The first-order valence-corrected chi connectivity index (χ1v) is 6.05. The van der Waals surface area contributed by atoms with Gasteiger partial charge in [-0.1, -0.05) is 20.8 Å². The minimum absolute atomic E-state index is 0.0000281. The second-order valence-electron chi connectivity index (χ2n) is 5.43. The number of ether oxygens (including phenoxy) is 1. The number of esters is 1. The summed E-state index contributed by atoms with van der Waals surface area (Å²) in [5.41, 5.74) is 0.506. The number of nitro benzene ring substituents is 1. The van der Waals surface area contributed by atoms with E-state index in [-0.39, 0.29) is 16.8 Å². The number of carbonyl (C=O) groups excluding carboxylic acids is 1. The van der Waals surface area contributed by atoms with Gasteiger partial charge in [0.15, 0.2) is 5.70 Å². The summed E-state index contributed by atoms with van der Waals surface area (Å²) in [6.07, 6.45) is 1.55. The third kappa shape index (κ3) is 2.90. The third-order valence-electron chi connectivity index (χ3n) is 2.67. The van der Waals surface area contributed by atoms with E-state index in [1.807, 2.05) is 20.8 Å². The van der Waals surface area contributed by atoms with Crippen LogP contribution in [-0.2, 0) is 9.53 Å². The molecule has 1 aromatic rings. The smallest absolute Gasteiger partial charge is 0.363 e. The van der Waals surface area contributed by atoms with Crippen molar-refractivity contribution in [1.29, 1.82) is 0 Å². The van der Waals surface area contributed by atoms with Gasteiger partial charge in [-0.2, -0.15) is 0 Å². The number of nitrogens with zero attached hydrogens (tertiary/aromatic N) is 2. The molecule has 1 heterocycles. The second-order valence-corrected chi connectivity index (χ2v) is 5.43. The predicted molar refractivity (Wildman–Crippen MR) is 74.1 cm³/mol. The summed E-state index contributed by atoms with van der Waals surface area (Å²) in [5.74, 6) is -0.135. The molecule has 2 rings (SSSR count). The van der Waals surface area contributed by atoms with Crippen molar-refractivity contribution in [2.24, 2.45) is 10.4 Å². The molecule has 0 amide bonds. The monoisotopic (exact) mass is 274 g/mol. The van der Waals surface area contributed by atoms with Crippen LogP contribution in [0.5, 0.6) is 0 Å². The first-order chi connectivity index (χ1) is 9.27. The highest BCUT2D eigenvalue weighted by Gasteiger charge is 2.31. The molecule has 0 fully saturated rings. The molecule has 1 aliphatic heterocycles. The standard InChI is InChI=1S/C14H14N2O4/c1-14(2,3)13-15-11(12(17)20-13)8-9-4-6-10(7-5-9)16(18)19/h4-8H,1-3H3. The summed E-state index contributed by atoms with van der Waals surface area (Å²) >= 11 is 0. The van der Waals surface area contributed by atoms with E-state index in [1.54, 1.807) is 18.2 Å². The lowest BCUT2D eigenvalue weighted by Gasteiger charge is -2.15. The molecular formula is C14H14N2O4. The molecule has 6 nitrogen and oxygen atoms in total. The van der Waals surface area contributed by atoms with Crippen molar-refractivity contribution in [1.82, 2.24) is 0 Å². The van der Waals surface area contributed by atoms with Crippen molar-refractivity contribution in [3.63, 3.8) is 0 Å². The normalized spacial score (nSPS) is 17.1. The molecule has 104 valence electrons. The minimum atomic E-state index is -0.506. The molecule has 0 N–H and O–H groups in total. The molecule has 1 aromatic carbocycles. The molecule has 0 spiro atoms. The number of carbonyl (C=O) groups is 1. The highest BCUT2D eigenvalue weighted by Crippen LogP contribution is 2.26. The second kappa shape index (κ2) is 4.88. The first kappa shape index (κ1) is 13.9. The van der Waals surface area contributed by atoms with Crippen molar-refractivity contribution in [3.05, 3.63) is 45.6 Å². The van der Waals surface area contributed by atoms with Gasteiger partial charge in [-0.3, -0.25) is 10.1 Å². The van der Waals surface area contributed by atoms with Crippen LogP contribution in [0.4, 0.5) is 5.69 Å². The van der Waals surface area contributed by atoms with Crippen molar-refractivity contribution in [3.8, 4) is 0 Å². The molecule has 0 aromatic heterocycles. The van der Waals surface area contributed by atoms with Gasteiger partial charge in [0.05, 0.1) is 4.92 Å². The highest BCUT2D eigenvalue weighted by molar-refractivity contribution is 6.08. The molecule has 0 unspecified atom stereocenters. The lowest BCUT2D eigenvalue weighted by molar-refractivity contribution is -0.384. The molecular weight excluding hydrogens is 260 g/mol. The maximum Gasteiger partial charge on any atom is 0.363 e. The predicted octanol–water partition coefficient (Wildman–Crippen LogP) is 2.94. The van der Waals surface area contributed by atoms with E-state index >= 15 is 0 Å². The van der Waals surface area contributed by atoms with E-state index in [0.717, 1.165) is 0 Å². The van der Waals surface area contributed by atoms with Crippen molar-refractivity contribution in [2.75, 3.05) is 0 Å². The fourth-order valence-corrected chi connectivity index (χ4v) is 1.58. The lowest BCUT2D eigenvalue weighted by Crippen LogP contribution is -2.21. The Morgan fingerprint density at radius 1 is 1.25 bits per heavy atom. The quantitative estimate of drug-likeness (QED) is 0.359. The van der Waals surface area contributed by atoms with Gasteiger partial charge in [0, 0.05) is 17.5 Å². The molecule has 20 heavy (non-hydrogen) atoms. The van der Waals surface area contributed by atoms with Crippen LogP contribution < -0.4 is 0 Å². The number of cyclic esters (lactones) is 1. The van der Waals surface area contributed by atoms with Gasteiger partial charge in [0.1, 0.15) is 0 Å². The van der Waals surface area contributed by atoms with Crippen LogP contribution in [0.1, 0.15) is 26.3 Å². The Kier molecular flexibility index (Phi) is 3.40. The van der Waals surface area contributed by atoms with Crippen LogP contribution in [0.15, 0.2) is 35.0 Å². The zero-order chi connectivity index (χ0) is 14.9. The minimum Gasteiger partial charge on any atom is -0.406 e. The summed E-state index contributed by atoms with van der Waals surface area (Å²) < 4.78 is 5.11. The zero-order valence-electron chi connectivity index (χ0n) is 11.4. The van der Waals surface area contributed by atoms with Gasteiger partial charge < -0.3 is 4.74 Å². The molecule has 0 saturated heterocycles. The van der Waals surface area contributed by atoms with Gasteiger partial charge in [0.2, 0.25) is 5.90 Å². The van der Waals surface area contributed by atoms with E-state index in [0.29, 0.717) is 11.5 Å². The highest BCUT2D eigenvalue weighted by atomic mass is 16.6. The molecule has 0 atom stereocenters. The van der Waals surface area contributed by atoms with Crippen molar-refractivity contribution < 1.29 is 14.5 Å². The van der Waals surface area contributed by atoms with Gasteiger partial charge in [0.25, 0.3) is 5.69 Å². The van der Waals surface area contributed by atoms with Crippen LogP contribution in [0.3, 0.4) is 0 Å². The Hall–Kier alpha value is -2.50. The summed E-state index contributed by atoms with van der Waals surface area (Å²) in [6, 6.07) is 5.87. The van der Waals surface area contributed by atoms with E-state index in [4.69, 9.17) is 4.74 Å². The Bertz CT molecular complexity index is 622. The number of non-ortho nitro benzene ring substituents is 1. The van der Waals surface area contributed by atoms with E-state index in [9.17, 15) is 14.9 Å². The number of rotatable bonds is 2. The van der Waals surface area contributed by atoms with Crippen LogP contribution in [0.2, 0.25) is 0 Å². The van der Waals surface area contributed by atoms with Gasteiger partial charge >= 0.3 is 5.97 Å². The topological polar surface area (TPSA) is 81.8 Å². The van der Waals surface area contributed by atoms with Crippen molar-refractivity contribution >= 4 is 23.6 Å². The van der Waals surface area contributed by atoms with Crippen molar-refractivity contribution in [2.45, 2.75) is 20.8 Å². The maximum atomic E-state index is 11.7. The average molecular weight is 274 g/mol. The Balaban J connectivity index is 2.29. The Labute approximate surface area is 115 Å². The summed E-state index contributed by atoms with van der Waals surface area (Å²) in [7, 11) is 0. The number of hydrogen-bond donors (Lipinski definition) is 0. The third-order valence-corrected chi connectivity index (χ3v) is 2.67. The largest absolute Gasteiger partial charge is 0.406 e. The van der Waals surface area contributed by atoms with Gasteiger partial charge in [-0.05, 0) is 23.8 Å². The molecule has 0 saturated carbocycles. The van der Waals surface area contributed by atoms with Gasteiger partial charge in [-0.15, -0.1) is 0 Å². The van der Waals surface area contributed by atoms with Crippen LogP contribution >= 0.6 is 0 Å². The molecule has 0 bridgehead atoms. The zero-order valence-corrected chi connectivity index (χ0v) is 11.4. The summed E-state index contributed by atoms with van der Waals surface area (Å²) in [6.45, 7) is 5.69. The number of benzene rings is 1. The fraction of sp³-hybridized carbons (Fsp3) is 0.286. The molecule has 0 radical (unpaired) electrons. The molecule has 0 aliphatic carbocycles. The SMILES string of the molecule is CC(C)(C)C1=NC(=Cc2ccc([N+](=O)[O-])cc2)C(=O)O1. The number of hydrogen-bond acceptors (Lipinski definition) is 5. The van der Waals surface area contributed by atoms with Crippen LogP contribution in [0, 0.1) is 15.5 Å². The first-order valence-electron chi connectivity index (χ1n) is 6.05. The summed E-state index contributed by atoms with van der Waals surface area (Å²) in [4.78, 5) is 25.9. The fourth-order valence-electron chi connectivity index (χ4n) is 1.58. The van der Waals surface area contributed by atoms with Crippen LogP contribution in [-0.4, -0.2) is 16.8 Å².